The Labute approximate surface area is 121 Å². The SMILES string of the molecule is Cc1ccc(NC(=S)Nc2ccc(F)c(C)c2)c(F)c1. The molecule has 20 heavy (non-hydrogen) atoms. The molecule has 0 saturated carbocycles. The number of benzene rings is 2. The van der Waals surface area contributed by atoms with E-state index < -0.39 is 0 Å². The third-order valence-corrected chi connectivity index (χ3v) is 2.99. The van der Waals surface area contributed by atoms with Gasteiger partial charge in [0.05, 0.1) is 5.69 Å². The summed E-state index contributed by atoms with van der Waals surface area (Å²) in [5, 5.41) is 5.91. The van der Waals surface area contributed by atoms with Gasteiger partial charge in [-0.2, -0.15) is 0 Å². The number of hydrogen-bond donors (Lipinski definition) is 2. The van der Waals surface area contributed by atoms with E-state index in [0.717, 1.165) is 5.56 Å². The van der Waals surface area contributed by atoms with Gasteiger partial charge in [-0.05, 0) is 67.5 Å². The highest BCUT2D eigenvalue weighted by Crippen LogP contribution is 2.17. The third kappa shape index (κ3) is 3.51. The van der Waals surface area contributed by atoms with Crippen LogP contribution in [0.1, 0.15) is 11.1 Å². The number of rotatable bonds is 2. The molecule has 0 saturated heterocycles. The quantitative estimate of drug-likeness (QED) is 0.803. The fourth-order valence-electron chi connectivity index (χ4n) is 1.73. The monoisotopic (exact) mass is 292 g/mol. The van der Waals surface area contributed by atoms with Crippen molar-refractivity contribution in [2.75, 3.05) is 10.6 Å². The average Bonchev–Trinajstić information content (AvgIpc) is 2.37. The van der Waals surface area contributed by atoms with E-state index in [9.17, 15) is 8.78 Å². The third-order valence-electron chi connectivity index (χ3n) is 2.79. The molecule has 0 fully saturated rings. The Morgan fingerprint density at radius 3 is 2.35 bits per heavy atom. The van der Waals surface area contributed by atoms with Crippen LogP contribution >= 0.6 is 12.2 Å². The van der Waals surface area contributed by atoms with E-state index in [2.05, 4.69) is 10.6 Å². The van der Waals surface area contributed by atoms with E-state index in [1.807, 2.05) is 6.92 Å². The van der Waals surface area contributed by atoms with Crippen molar-refractivity contribution in [1.29, 1.82) is 0 Å². The minimum atomic E-state index is -0.371. The maximum absolute atomic E-state index is 13.7. The lowest BCUT2D eigenvalue weighted by atomic mass is 10.2. The Hall–Kier alpha value is -2.01. The predicted octanol–water partition coefficient (Wildman–Crippen LogP) is 4.39. The van der Waals surface area contributed by atoms with Gasteiger partial charge in [-0.15, -0.1) is 0 Å². The molecule has 0 atom stereocenters. The Kier molecular flexibility index (Phi) is 4.29. The number of halogens is 2. The number of aryl methyl sites for hydroxylation is 2. The van der Waals surface area contributed by atoms with Crippen molar-refractivity contribution in [3.8, 4) is 0 Å². The van der Waals surface area contributed by atoms with Crippen LogP contribution in [0.5, 0.6) is 0 Å². The van der Waals surface area contributed by atoms with Crippen LogP contribution in [-0.2, 0) is 0 Å². The van der Waals surface area contributed by atoms with Crippen molar-refractivity contribution in [2.45, 2.75) is 13.8 Å². The van der Waals surface area contributed by atoms with Gasteiger partial charge in [0.25, 0.3) is 0 Å². The Bertz CT molecular complexity index is 656. The van der Waals surface area contributed by atoms with Gasteiger partial charge in [0, 0.05) is 5.69 Å². The van der Waals surface area contributed by atoms with Gasteiger partial charge in [-0.1, -0.05) is 6.07 Å². The second kappa shape index (κ2) is 5.96. The lowest BCUT2D eigenvalue weighted by Crippen LogP contribution is -2.19. The number of nitrogens with one attached hydrogen (secondary N) is 2. The molecule has 2 aromatic carbocycles. The van der Waals surface area contributed by atoms with E-state index in [-0.39, 0.29) is 16.7 Å². The second-order valence-electron chi connectivity index (χ2n) is 4.53. The van der Waals surface area contributed by atoms with Crippen molar-refractivity contribution >= 4 is 28.7 Å². The number of anilines is 2. The van der Waals surface area contributed by atoms with Crippen LogP contribution in [0, 0.1) is 25.5 Å². The highest BCUT2D eigenvalue weighted by Gasteiger charge is 2.05. The van der Waals surface area contributed by atoms with Crippen LogP contribution in [0.3, 0.4) is 0 Å². The molecule has 0 unspecified atom stereocenters. The molecule has 0 radical (unpaired) electrons. The van der Waals surface area contributed by atoms with E-state index in [1.54, 1.807) is 31.2 Å². The summed E-state index contributed by atoms with van der Waals surface area (Å²) in [6.07, 6.45) is 0. The molecule has 0 aliphatic heterocycles. The number of thiocarbonyl (C=S) groups is 1. The van der Waals surface area contributed by atoms with Crippen molar-refractivity contribution in [3.05, 3.63) is 59.2 Å². The largest absolute Gasteiger partial charge is 0.332 e. The zero-order chi connectivity index (χ0) is 14.7. The molecular weight excluding hydrogens is 278 g/mol. The van der Waals surface area contributed by atoms with Gasteiger partial charge >= 0.3 is 0 Å². The molecule has 2 aromatic rings. The van der Waals surface area contributed by atoms with Crippen molar-refractivity contribution in [1.82, 2.24) is 0 Å². The van der Waals surface area contributed by atoms with Gasteiger partial charge in [0.1, 0.15) is 11.6 Å². The minimum absolute atomic E-state index is 0.249. The van der Waals surface area contributed by atoms with Crippen LogP contribution in [0.4, 0.5) is 20.2 Å². The molecule has 2 N–H and O–H groups in total. The molecule has 0 amide bonds. The van der Waals surface area contributed by atoms with Gasteiger partial charge in [0.2, 0.25) is 0 Å². The Morgan fingerprint density at radius 1 is 0.950 bits per heavy atom. The Morgan fingerprint density at radius 2 is 1.70 bits per heavy atom. The average molecular weight is 292 g/mol. The van der Waals surface area contributed by atoms with Gasteiger partial charge in [0.15, 0.2) is 5.11 Å². The smallest absolute Gasteiger partial charge is 0.175 e. The van der Waals surface area contributed by atoms with Crippen LogP contribution in [0.15, 0.2) is 36.4 Å². The maximum Gasteiger partial charge on any atom is 0.175 e. The summed E-state index contributed by atoms with van der Waals surface area (Å²) in [7, 11) is 0. The fourth-order valence-corrected chi connectivity index (χ4v) is 1.96. The summed E-state index contributed by atoms with van der Waals surface area (Å²) in [6, 6.07) is 9.39. The van der Waals surface area contributed by atoms with Crippen molar-refractivity contribution in [2.24, 2.45) is 0 Å². The highest BCUT2D eigenvalue weighted by atomic mass is 32.1. The molecule has 0 aliphatic carbocycles. The molecule has 5 heteroatoms. The van der Waals surface area contributed by atoms with E-state index >= 15 is 0 Å². The molecule has 0 aliphatic rings. The van der Waals surface area contributed by atoms with E-state index in [1.165, 1.54) is 12.1 Å². The topological polar surface area (TPSA) is 24.1 Å². The zero-order valence-corrected chi connectivity index (χ0v) is 11.9. The van der Waals surface area contributed by atoms with Crippen LogP contribution in [0.2, 0.25) is 0 Å². The van der Waals surface area contributed by atoms with E-state index in [0.29, 0.717) is 16.9 Å². The van der Waals surface area contributed by atoms with Crippen LogP contribution < -0.4 is 10.6 Å². The first-order chi connectivity index (χ1) is 9.45. The maximum atomic E-state index is 13.7. The summed E-state index contributed by atoms with van der Waals surface area (Å²) in [4.78, 5) is 0. The first kappa shape index (κ1) is 14.4. The molecule has 2 nitrogen and oxygen atoms in total. The van der Waals surface area contributed by atoms with Gasteiger partial charge < -0.3 is 10.6 Å². The van der Waals surface area contributed by atoms with Crippen molar-refractivity contribution in [3.63, 3.8) is 0 Å². The minimum Gasteiger partial charge on any atom is -0.332 e. The molecule has 0 heterocycles. The normalized spacial score (nSPS) is 10.2. The molecule has 0 spiro atoms. The second-order valence-corrected chi connectivity index (χ2v) is 4.93. The fraction of sp³-hybridized carbons (Fsp3) is 0.133. The highest BCUT2D eigenvalue weighted by molar-refractivity contribution is 7.80. The first-order valence-electron chi connectivity index (χ1n) is 6.06. The zero-order valence-electron chi connectivity index (χ0n) is 11.1. The standard InChI is InChI=1S/C15H14F2N2S/c1-9-3-6-14(13(17)7-9)19-15(20)18-11-4-5-12(16)10(2)8-11/h3-8H,1-2H3,(H2,18,19,20). The summed E-state index contributed by atoms with van der Waals surface area (Å²) in [5.41, 5.74) is 2.29. The summed E-state index contributed by atoms with van der Waals surface area (Å²) in [6.45, 7) is 3.47. The molecule has 0 aromatic heterocycles. The van der Waals surface area contributed by atoms with Crippen LogP contribution in [0.25, 0.3) is 0 Å². The Balaban J connectivity index is 2.07. The molecule has 2 rings (SSSR count). The predicted molar refractivity (Wildman–Crippen MR) is 82.1 cm³/mol. The lowest BCUT2D eigenvalue weighted by Gasteiger charge is -2.12. The summed E-state index contributed by atoms with van der Waals surface area (Å²) >= 11 is 5.10. The van der Waals surface area contributed by atoms with Crippen LogP contribution in [-0.4, -0.2) is 5.11 Å². The first-order valence-corrected chi connectivity index (χ1v) is 6.47. The molecule has 0 bridgehead atoms. The van der Waals surface area contributed by atoms with Gasteiger partial charge in [-0.3, -0.25) is 0 Å². The molecule has 104 valence electrons. The van der Waals surface area contributed by atoms with Gasteiger partial charge in [-0.25, -0.2) is 8.78 Å². The summed E-state index contributed by atoms with van der Waals surface area (Å²) in [5.74, 6) is -0.650. The van der Waals surface area contributed by atoms with Crippen molar-refractivity contribution < 1.29 is 8.78 Å². The number of hydrogen-bond acceptors (Lipinski definition) is 1. The lowest BCUT2D eigenvalue weighted by molar-refractivity contribution is 0.619. The van der Waals surface area contributed by atoms with E-state index in [4.69, 9.17) is 12.2 Å². The molecular formula is C15H14F2N2S. The summed E-state index contributed by atoms with van der Waals surface area (Å²) < 4.78 is 26.8.